The minimum absolute atomic E-state index is 0.0621. The lowest BCUT2D eigenvalue weighted by molar-refractivity contribution is -0.129. The SMILES string of the molecule is O=C(O)C1=Nn2c(nnc2-c2ccccn2)C1. The fraction of sp³-hybridized carbons (Fsp3) is 0.100. The number of aliphatic carboxylic acids is 1. The predicted molar refractivity (Wildman–Crippen MR) is 57.4 cm³/mol. The zero-order chi connectivity index (χ0) is 11.8. The van der Waals surface area contributed by atoms with Gasteiger partial charge in [0.25, 0.3) is 0 Å². The van der Waals surface area contributed by atoms with E-state index >= 15 is 0 Å². The number of hydrogen-bond donors (Lipinski definition) is 1. The summed E-state index contributed by atoms with van der Waals surface area (Å²) >= 11 is 0. The Bertz CT molecular complexity index is 617. The molecule has 0 aliphatic carbocycles. The van der Waals surface area contributed by atoms with Gasteiger partial charge < -0.3 is 5.11 Å². The van der Waals surface area contributed by atoms with E-state index in [0.29, 0.717) is 17.3 Å². The molecule has 0 radical (unpaired) electrons. The van der Waals surface area contributed by atoms with Crippen LogP contribution in [0.1, 0.15) is 5.82 Å². The second-order valence-corrected chi connectivity index (χ2v) is 3.50. The number of carboxylic acids is 1. The van der Waals surface area contributed by atoms with Gasteiger partial charge in [-0.05, 0) is 12.1 Å². The molecule has 1 aliphatic rings. The Morgan fingerprint density at radius 1 is 1.35 bits per heavy atom. The first-order valence-electron chi connectivity index (χ1n) is 4.92. The Hall–Kier alpha value is -2.57. The second kappa shape index (κ2) is 3.48. The fourth-order valence-electron chi connectivity index (χ4n) is 1.61. The number of hydrogen-bond acceptors (Lipinski definition) is 5. The molecule has 7 nitrogen and oxygen atoms in total. The average Bonchev–Trinajstić information content (AvgIpc) is 2.89. The van der Waals surface area contributed by atoms with Crippen LogP contribution in [-0.2, 0) is 11.2 Å². The third-order valence-electron chi connectivity index (χ3n) is 2.39. The van der Waals surface area contributed by atoms with Gasteiger partial charge in [0.2, 0.25) is 5.82 Å². The number of rotatable bonds is 2. The number of aromatic nitrogens is 4. The van der Waals surface area contributed by atoms with Crippen LogP contribution in [0.2, 0.25) is 0 Å². The monoisotopic (exact) mass is 229 g/mol. The van der Waals surface area contributed by atoms with Crippen molar-refractivity contribution >= 4 is 11.7 Å². The number of carbonyl (C=O) groups is 1. The van der Waals surface area contributed by atoms with Crippen molar-refractivity contribution in [2.24, 2.45) is 5.10 Å². The summed E-state index contributed by atoms with van der Waals surface area (Å²) in [4.78, 5) is 14.9. The summed E-state index contributed by atoms with van der Waals surface area (Å²) in [5.41, 5.74) is 0.675. The van der Waals surface area contributed by atoms with Gasteiger partial charge in [0.05, 0.1) is 6.42 Å². The van der Waals surface area contributed by atoms with Gasteiger partial charge in [-0.2, -0.15) is 9.78 Å². The van der Waals surface area contributed by atoms with E-state index in [0.717, 1.165) is 0 Å². The van der Waals surface area contributed by atoms with E-state index in [1.54, 1.807) is 18.3 Å². The molecule has 0 amide bonds. The number of carboxylic acid groups (broad SMARTS) is 1. The number of fused-ring (bicyclic) bond motifs is 1. The van der Waals surface area contributed by atoms with E-state index in [9.17, 15) is 4.79 Å². The summed E-state index contributed by atoms with van der Waals surface area (Å²) < 4.78 is 1.42. The van der Waals surface area contributed by atoms with Gasteiger partial charge in [0, 0.05) is 6.20 Å². The maximum atomic E-state index is 10.8. The molecule has 0 atom stereocenters. The normalized spacial score (nSPS) is 13.3. The molecule has 2 aromatic rings. The highest BCUT2D eigenvalue weighted by Crippen LogP contribution is 2.19. The Labute approximate surface area is 95.4 Å². The van der Waals surface area contributed by atoms with Crippen molar-refractivity contribution in [3.8, 4) is 11.5 Å². The molecule has 1 aliphatic heterocycles. The molecule has 1 N–H and O–H groups in total. The Balaban J connectivity index is 2.09. The van der Waals surface area contributed by atoms with Crippen molar-refractivity contribution < 1.29 is 9.90 Å². The van der Waals surface area contributed by atoms with Crippen LogP contribution in [0.3, 0.4) is 0 Å². The largest absolute Gasteiger partial charge is 0.477 e. The molecule has 0 bridgehead atoms. The van der Waals surface area contributed by atoms with Gasteiger partial charge >= 0.3 is 5.97 Å². The van der Waals surface area contributed by atoms with E-state index in [4.69, 9.17) is 5.11 Å². The van der Waals surface area contributed by atoms with Crippen LogP contribution in [0.5, 0.6) is 0 Å². The van der Waals surface area contributed by atoms with Gasteiger partial charge in [-0.25, -0.2) is 4.79 Å². The van der Waals surface area contributed by atoms with E-state index in [1.807, 2.05) is 6.07 Å². The van der Waals surface area contributed by atoms with Gasteiger partial charge in [0.15, 0.2) is 11.5 Å². The van der Waals surface area contributed by atoms with Crippen LogP contribution >= 0.6 is 0 Å². The standard InChI is InChI=1S/C10H7N5O2/c16-10(17)7-5-8-12-13-9(15(8)14-7)6-3-1-2-4-11-6/h1-4H,5H2,(H,16,17). The summed E-state index contributed by atoms with van der Waals surface area (Å²) in [6.45, 7) is 0. The van der Waals surface area contributed by atoms with Crippen LogP contribution in [0.4, 0.5) is 0 Å². The molecule has 0 spiro atoms. The maximum Gasteiger partial charge on any atom is 0.352 e. The van der Waals surface area contributed by atoms with Crippen molar-refractivity contribution in [1.29, 1.82) is 0 Å². The lowest BCUT2D eigenvalue weighted by Gasteiger charge is -1.97. The third-order valence-corrected chi connectivity index (χ3v) is 2.39. The molecule has 2 aromatic heterocycles. The average molecular weight is 229 g/mol. The van der Waals surface area contributed by atoms with Gasteiger partial charge in [-0.3, -0.25) is 4.98 Å². The molecule has 84 valence electrons. The highest BCUT2D eigenvalue weighted by Gasteiger charge is 2.25. The van der Waals surface area contributed by atoms with Crippen LogP contribution in [-0.4, -0.2) is 36.6 Å². The van der Waals surface area contributed by atoms with E-state index in [-0.39, 0.29) is 12.1 Å². The molecule has 0 aromatic carbocycles. The first kappa shape index (κ1) is 9.64. The van der Waals surface area contributed by atoms with Crippen LogP contribution in [0.25, 0.3) is 11.5 Å². The van der Waals surface area contributed by atoms with E-state index < -0.39 is 5.97 Å². The smallest absolute Gasteiger partial charge is 0.352 e. The first-order chi connectivity index (χ1) is 8.25. The quantitative estimate of drug-likeness (QED) is 0.793. The number of nitrogens with zero attached hydrogens (tertiary/aromatic N) is 5. The van der Waals surface area contributed by atoms with Crippen LogP contribution in [0, 0.1) is 0 Å². The lowest BCUT2D eigenvalue weighted by atomic mass is 10.3. The van der Waals surface area contributed by atoms with Gasteiger partial charge in [0.1, 0.15) is 5.69 Å². The Morgan fingerprint density at radius 2 is 2.24 bits per heavy atom. The molecular weight excluding hydrogens is 222 g/mol. The highest BCUT2D eigenvalue weighted by atomic mass is 16.4. The summed E-state index contributed by atoms with van der Waals surface area (Å²) in [6.07, 6.45) is 1.82. The zero-order valence-corrected chi connectivity index (χ0v) is 8.61. The molecule has 3 heterocycles. The summed E-state index contributed by atoms with van der Waals surface area (Å²) in [5, 5.41) is 20.7. The van der Waals surface area contributed by atoms with Crippen molar-refractivity contribution in [1.82, 2.24) is 19.9 Å². The lowest BCUT2D eigenvalue weighted by Crippen LogP contribution is -2.12. The number of pyridine rings is 1. The molecule has 7 heteroatoms. The Morgan fingerprint density at radius 3 is 2.94 bits per heavy atom. The van der Waals surface area contributed by atoms with Crippen LogP contribution < -0.4 is 0 Å². The predicted octanol–water partition coefficient (Wildman–Crippen LogP) is 0.185. The van der Waals surface area contributed by atoms with Crippen molar-refractivity contribution in [2.75, 3.05) is 0 Å². The van der Waals surface area contributed by atoms with Crippen molar-refractivity contribution in [3.63, 3.8) is 0 Å². The third kappa shape index (κ3) is 1.48. The summed E-state index contributed by atoms with van der Waals surface area (Å²) in [5.74, 6) is -0.0672. The molecule has 0 fully saturated rings. The minimum atomic E-state index is -1.04. The molecular formula is C10H7N5O2. The maximum absolute atomic E-state index is 10.8. The topological polar surface area (TPSA) is 93.3 Å². The first-order valence-corrected chi connectivity index (χ1v) is 4.92. The highest BCUT2D eigenvalue weighted by molar-refractivity contribution is 6.36. The summed E-state index contributed by atoms with van der Waals surface area (Å²) in [6, 6.07) is 5.38. The molecule has 0 saturated carbocycles. The zero-order valence-electron chi connectivity index (χ0n) is 8.61. The molecule has 0 unspecified atom stereocenters. The Kier molecular flexibility index (Phi) is 1.97. The molecule has 17 heavy (non-hydrogen) atoms. The molecule has 3 rings (SSSR count). The molecule has 0 saturated heterocycles. The van der Waals surface area contributed by atoms with E-state index in [2.05, 4.69) is 20.3 Å². The van der Waals surface area contributed by atoms with Crippen molar-refractivity contribution in [3.05, 3.63) is 30.2 Å². The van der Waals surface area contributed by atoms with Gasteiger partial charge in [-0.1, -0.05) is 6.07 Å². The second-order valence-electron chi connectivity index (χ2n) is 3.50. The van der Waals surface area contributed by atoms with Crippen molar-refractivity contribution in [2.45, 2.75) is 6.42 Å². The minimum Gasteiger partial charge on any atom is -0.477 e. The van der Waals surface area contributed by atoms with E-state index in [1.165, 1.54) is 4.68 Å². The summed E-state index contributed by atoms with van der Waals surface area (Å²) in [7, 11) is 0. The fourth-order valence-corrected chi connectivity index (χ4v) is 1.61. The van der Waals surface area contributed by atoms with Crippen LogP contribution in [0.15, 0.2) is 29.5 Å². The van der Waals surface area contributed by atoms with Gasteiger partial charge in [-0.15, -0.1) is 10.2 Å².